The molecule has 0 saturated heterocycles. The lowest BCUT2D eigenvalue weighted by Gasteiger charge is -2.19. The zero-order valence-electron chi connectivity index (χ0n) is 21.6. The average Bonchev–Trinajstić information content (AvgIpc) is 2.90. The Kier molecular flexibility index (Phi) is 12.9. The number of aryl methyl sites for hydroxylation is 1. The number of carboxylic acid groups (broad SMARTS) is 1. The molecule has 3 aromatic carbocycles. The first-order chi connectivity index (χ1) is 18.5. The van der Waals surface area contributed by atoms with Crippen LogP contribution >= 0.6 is 0 Å². The van der Waals surface area contributed by atoms with Gasteiger partial charge in [-0.2, -0.15) is 4.39 Å². The highest BCUT2D eigenvalue weighted by atomic mass is 32.2. The predicted octanol–water partition coefficient (Wildman–Crippen LogP) is 3.83. The van der Waals surface area contributed by atoms with Gasteiger partial charge >= 0.3 is 12.3 Å². The Labute approximate surface area is 228 Å². The second-order valence-electron chi connectivity index (χ2n) is 8.66. The molecule has 0 aliphatic heterocycles. The number of unbranched alkanes of at least 4 members (excludes halogenated alkanes) is 1. The number of carbonyl (C=O) groups is 2. The van der Waals surface area contributed by atoms with Crippen molar-refractivity contribution < 1.29 is 32.2 Å². The normalized spacial score (nSPS) is 12.4. The summed E-state index contributed by atoms with van der Waals surface area (Å²) in [6.07, 6.45) is 0.715. The number of sulfonamides is 1. The molecule has 11 heteroatoms. The number of nitrogens with one attached hydrogen (secondary N) is 2. The van der Waals surface area contributed by atoms with Gasteiger partial charge in [0.25, 0.3) is 0 Å². The number of halogens is 1. The zero-order valence-corrected chi connectivity index (χ0v) is 22.4. The Balaban J connectivity index is 0.000000780. The van der Waals surface area contributed by atoms with E-state index in [-0.39, 0.29) is 23.8 Å². The quantitative estimate of drug-likeness (QED) is 0.184. The summed E-state index contributed by atoms with van der Waals surface area (Å²) < 4.78 is 43.9. The highest BCUT2D eigenvalue weighted by molar-refractivity contribution is 7.88. The minimum absolute atomic E-state index is 0.0991. The van der Waals surface area contributed by atoms with Crippen LogP contribution in [0.5, 0.6) is 5.75 Å². The first kappa shape index (κ1) is 31.3. The SMILES string of the molecule is CS(=O)(=O)NC(CC(=O)NCCCCc1ccccc1)c1ccc(OC(F)C(=O)O)c(N)c1.c1ccccc1. The van der Waals surface area contributed by atoms with Crippen LogP contribution in [0.25, 0.3) is 0 Å². The lowest BCUT2D eigenvalue weighted by molar-refractivity contribution is -0.153. The third-order valence-corrected chi connectivity index (χ3v) is 6.04. The lowest BCUT2D eigenvalue weighted by atomic mass is 10.0. The number of alkyl halides is 1. The zero-order chi connectivity index (χ0) is 28.7. The maximum absolute atomic E-state index is 13.3. The largest absolute Gasteiger partial charge is 0.476 e. The van der Waals surface area contributed by atoms with E-state index in [1.165, 1.54) is 23.8 Å². The van der Waals surface area contributed by atoms with Crippen LogP contribution in [-0.2, 0) is 26.0 Å². The Morgan fingerprint density at radius 3 is 2.10 bits per heavy atom. The van der Waals surface area contributed by atoms with E-state index in [1.807, 2.05) is 66.7 Å². The first-order valence-corrected chi connectivity index (χ1v) is 14.1. The molecule has 0 fully saturated rings. The van der Waals surface area contributed by atoms with E-state index >= 15 is 0 Å². The molecule has 0 saturated carbocycles. The molecular formula is C28H34FN3O6S. The molecule has 0 heterocycles. The van der Waals surface area contributed by atoms with Gasteiger partial charge in [-0.25, -0.2) is 17.9 Å². The summed E-state index contributed by atoms with van der Waals surface area (Å²) in [6.45, 7) is 0.444. The molecule has 39 heavy (non-hydrogen) atoms. The van der Waals surface area contributed by atoms with Crippen molar-refractivity contribution in [2.75, 3.05) is 18.5 Å². The highest BCUT2D eigenvalue weighted by Gasteiger charge is 2.22. The van der Waals surface area contributed by atoms with Crippen LogP contribution in [0.1, 0.15) is 36.4 Å². The van der Waals surface area contributed by atoms with Crippen molar-refractivity contribution in [1.29, 1.82) is 0 Å². The maximum atomic E-state index is 13.3. The van der Waals surface area contributed by atoms with Gasteiger partial charge in [-0.15, -0.1) is 0 Å². The summed E-state index contributed by atoms with van der Waals surface area (Å²) in [5, 5.41) is 11.4. The standard InChI is InChI=1S/C22H28FN3O6S.C6H6/c1-33(30,31)26-18(16-10-11-19(17(24)13-16)32-21(23)22(28)29)14-20(27)25-12-6-5-9-15-7-3-2-4-8-15;1-2-4-6-5-3-1/h2-4,7-8,10-11,13,18,21,26H,5-6,9,12,14,24H2,1H3,(H,25,27)(H,28,29);1-6H. The van der Waals surface area contributed by atoms with Crippen LogP contribution in [-0.4, -0.2) is 44.6 Å². The maximum Gasteiger partial charge on any atom is 0.378 e. The van der Waals surface area contributed by atoms with E-state index in [1.54, 1.807) is 0 Å². The van der Waals surface area contributed by atoms with E-state index in [0.29, 0.717) is 12.1 Å². The number of carboxylic acids is 1. The smallest absolute Gasteiger partial charge is 0.378 e. The minimum atomic E-state index is -3.67. The summed E-state index contributed by atoms with van der Waals surface area (Å²) in [6, 6.07) is 25.0. The topological polar surface area (TPSA) is 148 Å². The van der Waals surface area contributed by atoms with Gasteiger partial charge in [0.05, 0.1) is 18.0 Å². The minimum Gasteiger partial charge on any atom is -0.476 e. The van der Waals surface area contributed by atoms with E-state index in [9.17, 15) is 22.4 Å². The fourth-order valence-corrected chi connectivity index (χ4v) is 4.24. The molecular weight excluding hydrogens is 525 g/mol. The second-order valence-corrected chi connectivity index (χ2v) is 10.4. The molecule has 0 aliphatic carbocycles. The summed E-state index contributed by atoms with van der Waals surface area (Å²) in [7, 11) is -3.67. The van der Waals surface area contributed by atoms with E-state index in [2.05, 4.69) is 14.8 Å². The number of hydrogen-bond acceptors (Lipinski definition) is 6. The number of rotatable bonds is 13. The number of anilines is 1. The Hall–Kier alpha value is -3.96. The Morgan fingerprint density at radius 1 is 0.974 bits per heavy atom. The molecule has 1 amide bonds. The van der Waals surface area contributed by atoms with Crippen LogP contribution in [0.15, 0.2) is 84.9 Å². The first-order valence-electron chi connectivity index (χ1n) is 12.3. The van der Waals surface area contributed by atoms with Crippen LogP contribution in [0.2, 0.25) is 0 Å². The third-order valence-electron chi connectivity index (χ3n) is 5.33. The molecule has 9 nitrogen and oxygen atoms in total. The Bertz CT molecular complexity index is 1250. The fraction of sp³-hybridized carbons (Fsp3) is 0.286. The number of hydrogen-bond donors (Lipinski definition) is 4. The fourth-order valence-electron chi connectivity index (χ4n) is 3.51. The predicted molar refractivity (Wildman–Crippen MR) is 148 cm³/mol. The molecule has 0 bridgehead atoms. The number of benzene rings is 3. The van der Waals surface area contributed by atoms with Crippen molar-refractivity contribution in [2.24, 2.45) is 0 Å². The van der Waals surface area contributed by atoms with Crippen molar-refractivity contribution in [1.82, 2.24) is 10.0 Å². The van der Waals surface area contributed by atoms with Gasteiger partial charge in [0, 0.05) is 13.0 Å². The van der Waals surface area contributed by atoms with Crippen molar-refractivity contribution in [3.05, 3.63) is 96.1 Å². The monoisotopic (exact) mass is 559 g/mol. The van der Waals surface area contributed by atoms with Crippen LogP contribution in [0.3, 0.4) is 0 Å². The number of nitrogen functional groups attached to an aromatic ring is 1. The molecule has 0 radical (unpaired) electrons. The van der Waals surface area contributed by atoms with Crippen molar-refractivity contribution >= 4 is 27.6 Å². The molecule has 3 rings (SSSR count). The van der Waals surface area contributed by atoms with E-state index in [4.69, 9.17) is 10.8 Å². The van der Waals surface area contributed by atoms with Gasteiger partial charge in [0.1, 0.15) is 5.75 Å². The number of ether oxygens (including phenoxy) is 1. The van der Waals surface area contributed by atoms with Crippen LogP contribution in [0, 0.1) is 0 Å². The van der Waals surface area contributed by atoms with Gasteiger partial charge in [-0.3, -0.25) is 4.79 Å². The Morgan fingerprint density at radius 2 is 1.56 bits per heavy atom. The summed E-state index contributed by atoms with van der Waals surface area (Å²) >= 11 is 0. The van der Waals surface area contributed by atoms with Crippen LogP contribution in [0.4, 0.5) is 10.1 Å². The number of amides is 1. The van der Waals surface area contributed by atoms with Crippen molar-refractivity contribution in [2.45, 2.75) is 38.1 Å². The number of nitrogens with two attached hydrogens (primary N) is 1. The molecule has 0 spiro atoms. The van der Waals surface area contributed by atoms with E-state index < -0.39 is 28.4 Å². The molecule has 210 valence electrons. The van der Waals surface area contributed by atoms with E-state index in [0.717, 1.165) is 25.5 Å². The van der Waals surface area contributed by atoms with Crippen LogP contribution < -0.4 is 20.5 Å². The molecule has 0 aliphatic rings. The lowest BCUT2D eigenvalue weighted by Crippen LogP contribution is -2.33. The molecule has 2 atom stereocenters. The number of carbonyl (C=O) groups excluding carboxylic acids is 1. The summed E-state index contributed by atoms with van der Waals surface area (Å²) in [5.41, 5.74) is 7.26. The second kappa shape index (κ2) is 16.1. The summed E-state index contributed by atoms with van der Waals surface area (Å²) in [5.74, 6) is -2.38. The van der Waals surface area contributed by atoms with Gasteiger partial charge in [-0.05, 0) is 42.5 Å². The molecule has 5 N–H and O–H groups in total. The van der Waals surface area contributed by atoms with Gasteiger partial charge in [-0.1, -0.05) is 72.8 Å². The molecule has 3 aromatic rings. The number of aliphatic carboxylic acids is 1. The van der Waals surface area contributed by atoms with Gasteiger partial charge < -0.3 is 20.9 Å². The third kappa shape index (κ3) is 12.9. The average molecular weight is 560 g/mol. The van der Waals surface area contributed by atoms with Gasteiger partial charge in [0.15, 0.2) is 0 Å². The van der Waals surface area contributed by atoms with Gasteiger partial charge in [0.2, 0.25) is 15.9 Å². The molecule has 0 aromatic heterocycles. The summed E-state index contributed by atoms with van der Waals surface area (Å²) in [4.78, 5) is 23.0. The highest BCUT2D eigenvalue weighted by Crippen LogP contribution is 2.28. The molecule has 2 unspecified atom stereocenters. The van der Waals surface area contributed by atoms with Crippen molar-refractivity contribution in [3.63, 3.8) is 0 Å². The van der Waals surface area contributed by atoms with Crippen molar-refractivity contribution in [3.8, 4) is 5.75 Å².